The lowest BCUT2D eigenvalue weighted by Crippen LogP contribution is -2.41. The van der Waals surface area contributed by atoms with E-state index >= 15 is 0 Å². The minimum absolute atomic E-state index is 0.0660. The molecular weight excluding hydrogens is 434 g/mol. The van der Waals surface area contributed by atoms with E-state index in [1.54, 1.807) is 61.1 Å². The zero-order valence-electron chi connectivity index (χ0n) is 15.5. The highest BCUT2D eigenvalue weighted by atomic mass is 35.5. The van der Waals surface area contributed by atoms with Crippen molar-refractivity contribution in [1.29, 1.82) is 0 Å². The van der Waals surface area contributed by atoms with Crippen molar-refractivity contribution in [1.82, 2.24) is 15.4 Å². The summed E-state index contributed by atoms with van der Waals surface area (Å²) in [7, 11) is -3.62. The Balaban J connectivity index is 1.91. The highest BCUT2D eigenvalue weighted by Crippen LogP contribution is 2.32. The third-order valence-electron chi connectivity index (χ3n) is 4.14. The van der Waals surface area contributed by atoms with Gasteiger partial charge in [0, 0.05) is 17.8 Å². The smallest absolute Gasteiger partial charge is 0.281 e. The molecule has 1 aromatic carbocycles. The van der Waals surface area contributed by atoms with Crippen molar-refractivity contribution >= 4 is 44.6 Å². The molecule has 0 saturated carbocycles. The molecule has 0 unspecified atom stereocenters. The standard InChI is InChI=1S/C19H18ClN3O4S2/c1-12(2)29(26,27)15-11-28-17(16(15)23-9-5-6-10-23)19(25)22-21-18(24)13-7-3-4-8-14(13)20/h3-12H,1-2H3,(H,21,24)(H,22,25). The predicted molar refractivity (Wildman–Crippen MR) is 112 cm³/mol. The van der Waals surface area contributed by atoms with Crippen LogP contribution in [0.4, 0.5) is 0 Å². The second-order valence-electron chi connectivity index (χ2n) is 6.35. The number of hydrogen-bond acceptors (Lipinski definition) is 5. The summed E-state index contributed by atoms with van der Waals surface area (Å²) >= 11 is 6.97. The Labute approximate surface area is 177 Å². The van der Waals surface area contributed by atoms with Gasteiger partial charge in [-0.15, -0.1) is 11.3 Å². The largest absolute Gasteiger partial charge is 0.321 e. The van der Waals surface area contributed by atoms with Crippen LogP contribution in [-0.2, 0) is 9.84 Å². The zero-order valence-corrected chi connectivity index (χ0v) is 17.9. The molecule has 10 heteroatoms. The number of amides is 2. The van der Waals surface area contributed by atoms with E-state index in [1.807, 2.05) is 0 Å². The summed E-state index contributed by atoms with van der Waals surface area (Å²) in [5.74, 6) is -1.22. The maximum Gasteiger partial charge on any atom is 0.281 e. The van der Waals surface area contributed by atoms with E-state index in [4.69, 9.17) is 11.6 Å². The normalized spacial score (nSPS) is 11.4. The molecule has 29 heavy (non-hydrogen) atoms. The van der Waals surface area contributed by atoms with Crippen LogP contribution in [0.15, 0.2) is 59.1 Å². The molecule has 0 aliphatic heterocycles. The van der Waals surface area contributed by atoms with Crippen molar-refractivity contribution < 1.29 is 18.0 Å². The van der Waals surface area contributed by atoms with E-state index in [1.165, 1.54) is 11.4 Å². The van der Waals surface area contributed by atoms with Gasteiger partial charge < -0.3 is 4.57 Å². The van der Waals surface area contributed by atoms with Crippen LogP contribution in [0.2, 0.25) is 5.02 Å². The summed E-state index contributed by atoms with van der Waals surface area (Å²) in [6.45, 7) is 3.16. The van der Waals surface area contributed by atoms with Gasteiger partial charge in [0.05, 0.1) is 21.5 Å². The number of carbonyl (C=O) groups is 2. The molecule has 0 bridgehead atoms. The van der Waals surface area contributed by atoms with Crippen LogP contribution in [0.25, 0.3) is 5.69 Å². The van der Waals surface area contributed by atoms with Crippen molar-refractivity contribution in [3.63, 3.8) is 0 Å². The van der Waals surface area contributed by atoms with Crippen molar-refractivity contribution in [2.75, 3.05) is 0 Å². The van der Waals surface area contributed by atoms with Gasteiger partial charge in [0.15, 0.2) is 9.84 Å². The molecule has 7 nitrogen and oxygen atoms in total. The SMILES string of the molecule is CC(C)S(=O)(=O)c1csc(C(=O)NNC(=O)c2ccccc2Cl)c1-n1cccc1. The minimum Gasteiger partial charge on any atom is -0.321 e. The van der Waals surface area contributed by atoms with Gasteiger partial charge in [-0.25, -0.2) is 8.42 Å². The molecule has 152 valence electrons. The number of benzene rings is 1. The third kappa shape index (κ3) is 4.21. The first-order valence-corrected chi connectivity index (χ1v) is 11.4. The summed E-state index contributed by atoms with van der Waals surface area (Å²) in [5.41, 5.74) is 5.08. The Morgan fingerprint density at radius 3 is 2.28 bits per heavy atom. The summed E-state index contributed by atoms with van der Waals surface area (Å²) in [5, 5.41) is 1.03. The molecule has 0 spiro atoms. The van der Waals surface area contributed by atoms with E-state index < -0.39 is 26.9 Å². The van der Waals surface area contributed by atoms with Crippen LogP contribution in [0.1, 0.15) is 33.9 Å². The van der Waals surface area contributed by atoms with Crippen molar-refractivity contribution in [3.8, 4) is 5.69 Å². The van der Waals surface area contributed by atoms with Gasteiger partial charge in [0.2, 0.25) is 0 Å². The van der Waals surface area contributed by atoms with Crippen LogP contribution in [0.5, 0.6) is 0 Å². The number of nitrogens with zero attached hydrogens (tertiary/aromatic N) is 1. The summed E-state index contributed by atoms with van der Waals surface area (Å²) in [4.78, 5) is 25.2. The monoisotopic (exact) mass is 451 g/mol. The van der Waals surface area contributed by atoms with Crippen molar-refractivity contribution in [2.45, 2.75) is 24.0 Å². The molecule has 0 aliphatic rings. The van der Waals surface area contributed by atoms with Gasteiger partial charge in [0.1, 0.15) is 9.77 Å². The first-order valence-electron chi connectivity index (χ1n) is 8.57. The Hall–Kier alpha value is -2.62. The number of rotatable bonds is 5. The van der Waals surface area contributed by atoms with Crippen LogP contribution in [0, 0.1) is 0 Å². The average Bonchev–Trinajstić information content (AvgIpc) is 3.35. The molecule has 2 N–H and O–H groups in total. The number of nitrogens with one attached hydrogen (secondary N) is 2. The molecule has 3 aromatic rings. The van der Waals surface area contributed by atoms with Gasteiger partial charge in [0.25, 0.3) is 11.8 Å². The molecule has 0 atom stereocenters. The molecule has 0 aliphatic carbocycles. The number of thiophene rings is 1. The van der Waals surface area contributed by atoms with Gasteiger partial charge in [-0.2, -0.15) is 0 Å². The minimum atomic E-state index is -3.62. The topological polar surface area (TPSA) is 97.3 Å². The zero-order chi connectivity index (χ0) is 21.2. The predicted octanol–water partition coefficient (Wildman–Crippen LogP) is 3.45. The summed E-state index contributed by atoms with van der Waals surface area (Å²) < 4.78 is 27.1. The van der Waals surface area contributed by atoms with E-state index in [9.17, 15) is 18.0 Å². The van der Waals surface area contributed by atoms with Crippen LogP contribution in [0.3, 0.4) is 0 Å². The molecular formula is C19H18ClN3O4S2. The fourth-order valence-electron chi connectivity index (χ4n) is 2.56. The van der Waals surface area contributed by atoms with E-state index in [0.29, 0.717) is 0 Å². The molecule has 0 saturated heterocycles. The fraction of sp³-hybridized carbons (Fsp3) is 0.158. The number of carbonyl (C=O) groups excluding carboxylic acids is 2. The van der Waals surface area contributed by atoms with Gasteiger partial charge >= 0.3 is 0 Å². The highest BCUT2D eigenvalue weighted by molar-refractivity contribution is 7.92. The number of sulfone groups is 1. The molecule has 3 rings (SSSR count). The lowest BCUT2D eigenvalue weighted by Gasteiger charge is -2.12. The van der Waals surface area contributed by atoms with Crippen LogP contribution in [-0.4, -0.2) is 30.0 Å². The number of aromatic nitrogens is 1. The number of hydrazine groups is 1. The van der Waals surface area contributed by atoms with Gasteiger partial charge in [-0.05, 0) is 38.1 Å². The summed E-state index contributed by atoms with van der Waals surface area (Å²) in [6.07, 6.45) is 3.31. The van der Waals surface area contributed by atoms with Crippen molar-refractivity contribution in [3.05, 3.63) is 69.6 Å². The number of hydrogen-bond donors (Lipinski definition) is 2. The third-order valence-corrected chi connectivity index (χ3v) is 7.75. The molecule has 2 amide bonds. The van der Waals surface area contributed by atoms with Crippen molar-refractivity contribution in [2.24, 2.45) is 0 Å². The van der Waals surface area contributed by atoms with Crippen LogP contribution >= 0.6 is 22.9 Å². The number of halogens is 1. The highest BCUT2D eigenvalue weighted by Gasteiger charge is 2.29. The van der Waals surface area contributed by atoms with Gasteiger partial charge in [-0.3, -0.25) is 20.4 Å². The Morgan fingerprint density at radius 1 is 1.03 bits per heavy atom. The molecule has 2 heterocycles. The van der Waals surface area contributed by atoms with Gasteiger partial charge in [-0.1, -0.05) is 23.7 Å². The fourth-order valence-corrected chi connectivity index (χ4v) is 5.34. The quantitative estimate of drug-likeness (QED) is 0.580. The Morgan fingerprint density at radius 2 is 1.66 bits per heavy atom. The Bertz CT molecular complexity index is 1150. The summed E-state index contributed by atoms with van der Waals surface area (Å²) in [6, 6.07) is 9.87. The second kappa shape index (κ2) is 8.40. The second-order valence-corrected chi connectivity index (χ2v) is 10.1. The maximum absolute atomic E-state index is 12.7. The first-order chi connectivity index (χ1) is 13.7. The van der Waals surface area contributed by atoms with Crippen LogP contribution < -0.4 is 10.9 Å². The molecule has 0 fully saturated rings. The first kappa shape index (κ1) is 21.1. The van der Waals surface area contributed by atoms with E-state index in [2.05, 4.69) is 10.9 Å². The lowest BCUT2D eigenvalue weighted by atomic mass is 10.2. The molecule has 0 radical (unpaired) electrons. The lowest BCUT2D eigenvalue weighted by molar-refractivity contribution is 0.0849. The Kier molecular flexibility index (Phi) is 6.11. The molecule has 2 aromatic heterocycles. The average molecular weight is 452 g/mol. The van der Waals surface area contributed by atoms with E-state index in [0.717, 1.165) is 11.3 Å². The van der Waals surface area contributed by atoms with E-state index in [-0.39, 0.29) is 26.0 Å². The maximum atomic E-state index is 12.7.